The van der Waals surface area contributed by atoms with Crippen molar-refractivity contribution in [2.24, 2.45) is 23.5 Å². The first kappa shape index (κ1) is 41.5. The van der Waals surface area contributed by atoms with E-state index in [1.165, 1.54) is 54.6 Å². The number of phenolic OH excluding ortho intramolecular Hbond substituents is 3. The summed E-state index contributed by atoms with van der Waals surface area (Å²) in [6.45, 7) is -0.667. The normalized spacial score (nSPS) is 28.5. The van der Waals surface area contributed by atoms with E-state index in [0.717, 1.165) is 5.56 Å². The lowest BCUT2D eigenvalue weighted by Crippen LogP contribution is -2.72. The van der Waals surface area contributed by atoms with Crippen LogP contribution in [-0.4, -0.2) is 111 Å². The molecule has 3 aromatic carbocycles. The number of aromatic hydroxyl groups is 3. The van der Waals surface area contributed by atoms with Gasteiger partial charge in [0, 0.05) is 31.4 Å². The molecular formula is C43H49NO13. The summed E-state index contributed by atoms with van der Waals surface area (Å²) >= 11 is 0. The topological polar surface area (TPSA) is 236 Å². The molecule has 2 bridgehead atoms. The maximum Gasteiger partial charge on any atom is 0.336 e. The number of aliphatic carboxylic acids is 1. The molecule has 0 amide bonds. The van der Waals surface area contributed by atoms with Gasteiger partial charge in [0.25, 0.3) is 0 Å². The molecule has 1 saturated carbocycles. The van der Waals surface area contributed by atoms with Gasteiger partial charge in [-0.05, 0) is 84.7 Å². The first-order valence-electron chi connectivity index (χ1n) is 19.0. The number of aliphatic hydroxyl groups is 2. The number of rotatable bonds is 16. The highest BCUT2D eigenvalue weighted by atomic mass is 16.6. The third-order valence-electron chi connectivity index (χ3n) is 11.3. The Bertz CT molecular complexity index is 1970. The van der Waals surface area contributed by atoms with Crippen LogP contribution in [0.15, 0.2) is 78.9 Å². The van der Waals surface area contributed by atoms with Crippen molar-refractivity contribution in [3.63, 3.8) is 0 Å². The predicted octanol–water partition coefficient (Wildman–Crippen LogP) is 3.40. The number of nitrogens with two attached hydrogens (primary N) is 1. The van der Waals surface area contributed by atoms with Crippen LogP contribution in [0.1, 0.15) is 42.4 Å². The number of ether oxygens (including phenoxy) is 4. The van der Waals surface area contributed by atoms with E-state index in [0.29, 0.717) is 24.0 Å². The Morgan fingerprint density at radius 3 is 2.30 bits per heavy atom. The largest absolute Gasteiger partial charge is 0.504 e. The van der Waals surface area contributed by atoms with E-state index in [1.807, 2.05) is 30.3 Å². The molecule has 3 aromatic rings. The molecule has 3 aliphatic rings. The minimum absolute atomic E-state index is 0.0765. The molecule has 0 radical (unpaired) electrons. The molecule has 304 valence electrons. The van der Waals surface area contributed by atoms with Gasteiger partial charge in [-0.3, -0.25) is 9.59 Å². The summed E-state index contributed by atoms with van der Waals surface area (Å²) in [6, 6.07) is 18.4. The number of phenols is 3. The molecule has 1 aliphatic carbocycles. The molecule has 57 heavy (non-hydrogen) atoms. The molecule has 14 heteroatoms. The Morgan fingerprint density at radius 2 is 1.61 bits per heavy atom. The molecule has 2 aliphatic heterocycles. The lowest BCUT2D eigenvalue weighted by atomic mass is 9.60. The molecule has 0 aromatic heterocycles. The van der Waals surface area contributed by atoms with E-state index < -0.39 is 78.5 Å². The van der Waals surface area contributed by atoms with Crippen LogP contribution >= 0.6 is 0 Å². The summed E-state index contributed by atoms with van der Waals surface area (Å²) in [5, 5.41) is 63.5. The Morgan fingerprint density at radius 1 is 0.895 bits per heavy atom. The van der Waals surface area contributed by atoms with E-state index in [4.69, 9.17) is 24.7 Å². The molecule has 8 atom stereocenters. The van der Waals surface area contributed by atoms with Crippen molar-refractivity contribution in [3.05, 3.63) is 95.6 Å². The number of carbonyl (C=O) groups excluding carboxylic acids is 2. The number of hydrogen-bond donors (Lipinski definition) is 7. The highest BCUT2D eigenvalue weighted by Crippen LogP contribution is 2.53. The number of aryl methyl sites for hydroxylation is 1. The zero-order valence-corrected chi connectivity index (χ0v) is 31.3. The number of carboxylic acid groups (broad SMARTS) is 1. The van der Waals surface area contributed by atoms with Crippen LogP contribution < -0.4 is 10.5 Å². The minimum Gasteiger partial charge on any atom is -0.504 e. The number of aliphatic hydroxyl groups excluding tert-OH is 2. The van der Waals surface area contributed by atoms with Crippen molar-refractivity contribution >= 4 is 29.7 Å². The summed E-state index contributed by atoms with van der Waals surface area (Å²) in [6.07, 6.45) is 2.47. The van der Waals surface area contributed by atoms with Crippen LogP contribution in [0.5, 0.6) is 23.0 Å². The van der Waals surface area contributed by atoms with E-state index in [1.54, 1.807) is 6.07 Å². The van der Waals surface area contributed by atoms with E-state index in [-0.39, 0.29) is 61.5 Å². The van der Waals surface area contributed by atoms with Crippen molar-refractivity contribution in [2.45, 2.75) is 61.6 Å². The third kappa shape index (κ3) is 9.06. The molecule has 0 spiro atoms. The van der Waals surface area contributed by atoms with Gasteiger partial charge in [0.05, 0.1) is 18.8 Å². The molecule has 14 nitrogen and oxygen atoms in total. The van der Waals surface area contributed by atoms with Crippen molar-refractivity contribution < 1.29 is 64.0 Å². The van der Waals surface area contributed by atoms with Crippen LogP contribution in [0.4, 0.5) is 0 Å². The van der Waals surface area contributed by atoms with Gasteiger partial charge in [0.15, 0.2) is 40.2 Å². The quantitative estimate of drug-likeness (QED) is 0.0815. The summed E-state index contributed by atoms with van der Waals surface area (Å²) in [5.74, 6) is -5.47. The van der Waals surface area contributed by atoms with Gasteiger partial charge in [0.2, 0.25) is 0 Å². The first-order valence-corrected chi connectivity index (χ1v) is 19.0. The Labute approximate surface area is 329 Å². The van der Waals surface area contributed by atoms with Gasteiger partial charge in [-0.1, -0.05) is 54.6 Å². The van der Waals surface area contributed by atoms with E-state index in [9.17, 15) is 45.0 Å². The molecule has 2 heterocycles. The Balaban J connectivity index is 1.28. The van der Waals surface area contributed by atoms with Gasteiger partial charge < -0.3 is 55.3 Å². The molecule has 8 N–H and O–H groups in total. The molecule has 2 saturated heterocycles. The van der Waals surface area contributed by atoms with Crippen LogP contribution in [0.3, 0.4) is 0 Å². The van der Waals surface area contributed by atoms with E-state index in [2.05, 4.69) is 0 Å². The highest BCUT2D eigenvalue weighted by molar-refractivity contribution is 6.00. The summed E-state index contributed by atoms with van der Waals surface area (Å²) < 4.78 is 24.5. The van der Waals surface area contributed by atoms with Gasteiger partial charge in [-0.2, -0.15) is 0 Å². The molecule has 6 rings (SSSR count). The summed E-state index contributed by atoms with van der Waals surface area (Å²) in [5.41, 5.74) is 3.55. The second-order valence-corrected chi connectivity index (χ2v) is 15.0. The zero-order chi connectivity index (χ0) is 40.7. The monoisotopic (exact) mass is 787 g/mol. The van der Waals surface area contributed by atoms with Crippen molar-refractivity contribution in [2.75, 3.05) is 33.0 Å². The van der Waals surface area contributed by atoms with Gasteiger partial charge in [-0.15, -0.1) is 0 Å². The van der Waals surface area contributed by atoms with Crippen molar-refractivity contribution in [1.29, 1.82) is 0 Å². The third-order valence-corrected chi connectivity index (χ3v) is 11.3. The zero-order valence-electron chi connectivity index (χ0n) is 31.3. The number of benzene rings is 3. The fourth-order valence-electron chi connectivity index (χ4n) is 8.34. The highest BCUT2D eigenvalue weighted by Gasteiger charge is 2.66. The second-order valence-electron chi connectivity index (χ2n) is 15.0. The molecular weight excluding hydrogens is 738 g/mol. The van der Waals surface area contributed by atoms with E-state index >= 15 is 0 Å². The number of ketones is 2. The first-order chi connectivity index (χ1) is 27.4. The van der Waals surface area contributed by atoms with Crippen molar-refractivity contribution in [3.8, 4) is 23.0 Å². The predicted molar refractivity (Wildman–Crippen MR) is 206 cm³/mol. The smallest absolute Gasteiger partial charge is 0.336 e. The maximum atomic E-state index is 14.5. The second kappa shape index (κ2) is 18.0. The average Bonchev–Trinajstić information content (AvgIpc) is 3.19. The number of fused-ring (bicyclic) bond motifs is 1. The lowest BCUT2D eigenvalue weighted by Gasteiger charge is -2.59. The number of carbonyl (C=O) groups is 3. The van der Waals surface area contributed by atoms with Crippen LogP contribution in [-0.2, 0) is 35.0 Å². The summed E-state index contributed by atoms with van der Waals surface area (Å²) in [4.78, 5) is 40.9. The molecule has 3 fully saturated rings. The maximum absolute atomic E-state index is 14.5. The molecule has 8 unspecified atom stereocenters. The number of carboxylic acids is 1. The lowest BCUT2D eigenvalue weighted by molar-refractivity contribution is -0.302. The fraction of sp³-hybridized carbons (Fsp3) is 0.419. The Hall–Kier alpha value is -5.09. The van der Waals surface area contributed by atoms with Gasteiger partial charge in [-0.25, -0.2) is 4.79 Å². The minimum atomic E-state index is -2.17. The standard InChI is InChI=1S/C43H49NO13/c44-16-17-54-37-14-10-27(19-35(37)49)8-12-31(46)25-56-43(41(52)53)22-36(50)40-39-32(43)20-30(23-45)42(57-39,38(51)15-11-28-9-13-33(47)34(48)18-28)21-29(24-55-40)7-6-26-4-2-1-3-5-26/h1-5,8-15,18-19,29-30,32,36,39-40,45,47-50H,6-7,16-17,20-25,44H2,(H,52,53). The summed E-state index contributed by atoms with van der Waals surface area (Å²) in [7, 11) is 0. The van der Waals surface area contributed by atoms with Gasteiger partial charge in [0.1, 0.15) is 24.9 Å². The van der Waals surface area contributed by atoms with Crippen LogP contribution in [0.2, 0.25) is 0 Å². The average molecular weight is 788 g/mol. The van der Waals surface area contributed by atoms with Crippen LogP contribution in [0.25, 0.3) is 12.2 Å². The van der Waals surface area contributed by atoms with Gasteiger partial charge >= 0.3 is 5.97 Å². The number of hydrogen-bond acceptors (Lipinski definition) is 13. The van der Waals surface area contributed by atoms with Crippen molar-refractivity contribution in [1.82, 2.24) is 0 Å². The van der Waals surface area contributed by atoms with Crippen LogP contribution in [0, 0.1) is 17.8 Å². The fourth-order valence-corrected chi connectivity index (χ4v) is 8.34. The SMILES string of the molecule is NCCOc1ccc(C=CC(=O)COC2(C(=O)O)CC(O)C3OCC(CCc4ccccc4)CC4(C(=O)C=Cc5ccc(O)c(O)c5)OC3C2CC4CO)cc1O. The Kier molecular flexibility index (Phi) is 13.1.